The molecule has 0 aromatic heterocycles. The van der Waals surface area contributed by atoms with Gasteiger partial charge in [0.05, 0.1) is 18.8 Å². The van der Waals surface area contributed by atoms with Crippen molar-refractivity contribution < 1.29 is 28.9 Å². The van der Waals surface area contributed by atoms with Crippen molar-refractivity contribution in [1.29, 1.82) is 0 Å². The number of aliphatic hydroxyl groups is 1. The molecule has 5 rings (SSSR count). The first-order valence-electron chi connectivity index (χ1n) is 15.2. The maximum absolute atomic E-state index is 12.4. The van der Waals surface area contributed by atoms with Crippen LogP contribution in [0.15, 0.2) is 109 Å². The first kappa shape index (κ1) is 32.1. The van der Waals surface area contributed by atoms with Crippen molar-refractivity contribution in [2.45, 2.75) is 64.6 Å². The van der Waals surface area contributed by atoms with E-state index < -0.39 is 24.3 Å². The molecule has 1 amide bonds. The van der Waals surface area contributed by atoms with Gasteiger partial charge in [0.25, 0.3) is 5.91 Å². The summed E-state index contributed by atoms with van der Waals surface area (Å²) in [5.41, 5.74) is 5.72. The van der Waals surface area contributed by atoms with Gasteiger partial charge in [-0.3, -0.25) is 14.5 Å². The van der Waals surface area contributed by atoms with E-state index in [1.807, 2.05) is 48.5 Å². The molecule has 8 heteroatoms. The number of carbonyl (C=O) groups excluding carboxylic acids is 2. The Bertz CT molecular complexity index is 1470. The summed E-state index contributed by atoms with van der Waals surface area (Å²) >= 11 is 0. The van der Waals surface area contributed by atoms with Gasteiger partial charge in [-0.2, -0.15) is 0 Å². The molecule has 0 unspecified atom stereocenters. The van der Waals surface area contributed by atoms with Gasteiger partial charge in [-0.05, 0) is 41.3 Å². The molecule has 0 radical (unpaired) electrons. The van der Waals surface area contributed by atoms with E-state index in [2.05, 4.69) is 58.7 Å². The molecule has 45 heavy (non-hydrogen) atoms. The maximum Gasteiger partial charge on any atom is 0.303 e. The van der Waals surface area contributed by atoms with Crippen LogP contribution in [0.25, 0.3) is 0 Å². The summed E-state index contributed by atoms with van der Waals surface area (Å²) in [6.45, 7) is 5.02. The second-order valence-electron chi connectivity index (χ2n) is 11.4. The number of carbonyl (C=O) groups is 2. The molecule has 4 aromatic rings. The van der Waals surface area contributed by atoms with Crippen molar-refractivity contribution >= 4 is 17.6 Å². The molecule has 0 aliphatic carbocycles. The molecule has 1 aliphatic rings. The van der Waals surface area contributed by atoms with E-state index in [4.69, 9.17) is 14.2 Å². The number of esters is 1. The van der Waals surface area contributed by atoms with Crippen LogP contribution >= 0.6 is 0 Å². The Morgan fingerprint density at radius 2 is 1.40 bits per heavy atom. The van der Waals surface area contributed by atoms with Crippen LogP contribution in [0.4, 0.5) is 5.69 Å². The summed E-state index contributed by atoms with van der Waals surface area (Å²) in [6, 6.07) is 36.0. The Kier molecular flexibility index (Phi) is 11.1. The van der Waals surface area contributed by atoms with Crippen LogP contribution < -0.4 is 5.32 Å². The van der Waals surface area contributed by atoms with Gasteiger partial charge in [-0.15, -0.1) is 0 Å². The van der Waals surface area contributed by atoms with E-state index >= 15 is 0 Å². The Hall–Kier alpha value is -4.34. The van der Waals surface area contributed by atoms with Crippen LogP contribution in [-0.2, 0) is 43.5 Å². The number of amides is 1. The number of hydrogen-bond acceptors (Lipinski definition) is 7. The highest BCUT2D eigenvalue weighted by Crippen LogP contribution is 2.38. The van der Waals surface area contributed by atoms with Crippen molar-refractivity contribution in [3.63, 3.8) is 0 Å². The van der Waals surface area contributed by atoms with Gasteiger partial charge in [0.2, 0.25) is 0 Å². The Morgan fingerprint density at radius 3 is 1.96 bits per heavy atom. The monoisotopic (exact) mass is 608 g/mol. The third kappa shape index (κ3) is 9.33. The summed E-state index contributed by atoms with van der Waals surface area (Å²) < 4.78 is 18.1. The number of anilines is 1. The molecule has 0 saturated carbocycles. The molecule has 4 aromatic carbocycles. The fourth-order valence-electron chi connectivity index (χ4n) is 5.46. The third-order valence-electron chi connectivity index (χ3n) is 7.74. The van der Waals surface area contributed by atoms with Crippen LogP contribution in [0, 0.1) is 0 Å². The Balaban J connectivity index is 1.36. The molecular weight excluding hydrogens is 568 g/mol. The standard InChI is InChI=1S/C37H40N2O6/c1-26(43-27(2)41)36(42)38-33-19-17-32(18-20-33)37-44-34(21-35(45-37)31-15-13-30(25-40)14-16-31)24-39(22-28-9-5-3-6-10-28)23-29-11-7-4-8-12-29/h3-20,26,34-35,37,40H,21-25H2,1-2H3,(H,38,42)/t26-,34+,35-,37-/m0/s1. The summed E-state index contributed by atoms with van der Waals surface area (Å²) in [4.78, 5) is 26.1. The molecule has 8 nitrogen and oxygen atoms in total. The molecule has 1 fully saturated rings. The average molecular weight is 609 g/mol. The highest BCUT2D eigenvalue weighted by Gasteiger charge is 2.33. The van der Waals surface area contributed by atoms with E-state index in [1.54, 1.807) is 12.1 Å². The topological polar surface area (TPSA) is 97.3 Å². The molecule has 0 bridgehead atoms. The molecule has 234 valence electrons. The van der Waals surface area contributed by atoms with Crippen molar-refractivity contribution in [2.24, 2.45) is 0 Å². The molecule has 1 heterocycles. The number of hydrogen-bond donors (Lipinski definition) is 2. The van der Waals surface area contributed by atoms with Gasteiger partial charge in [0.1, 0.15) is 0 Å². The van der Waals surface area contributed by atoms with Crippen molar-refractivity contribution in [3.05, 3.63) is 137 Å². The van der Waals surface area contributed by atoms with Crippen LogP contribution in [-0.4, -0.2) is 40.6 Å². The van der Waals surface area contributed by atoms with Gasteiger partial charge in [-0.1, -0.05) is 97.1 Å². The molecule has 4 atom stereocenters. The summed E-state index contributed by atoms with van der Waals surface area (Å²) in [5.74, 6) is -0.924. The number of aliphatic hydroxyl groups excluding tert-OH is 1. The van der Waals surface area contributed by atoms with E-state index in [1.165, 1.54) is 25.0 Å². The number of nitrogens with one attached hydrogen (secondary N) is 1. The lowest BCUT2D eigenvalue weighted by molar-refractivity contribution is -0.253. The minimum Gasteiger partial charge on any atom is -0.453 e. The zero-order valence-corrected chi connectivity index (χ0v) is 25.7. The van der Waals surface area contributed by atoms with Crippen LogP contribution in [0.2, 0.25) is 0 Å². The van der Waals surface area contributed by atoms with Gasteiger partial charge in [0.15, 0.2) is 12.4 Å². The Morgan fingerprint density at radius 1 is 0.822 bits per heavy atom. The molecular formula is C37H40N2O6. The predicted molar refractivity (Wildman–Crippen MR) is 172 cm³/mol. The highest BCUT2D eigenvalue weighted by molar-refractivity contribution is 5.94. The molecule has 1 aliphatic heterocycles. The van der Waals surface area contributed by atoms with Crippen LogP contribution in [0.1, 0.15) is 60.5 Å². The van der Waals surface area contributed by atoms with E-state index in [9.17, 15) is 14.7 Å². The summed E-state index contributed by atoms with van der Waals surface area (Å²) in [7, 11) is 0. The SMILES string of the molecule is CC(=O)O[C@@H](C)C(=O)Nc1ccc([C@H]2O[C@@H](CN(Cc3ccccc3)Cc3ccccc3)C[C@@H](c3ccc(CO)cc3)O2)cc1. The normalized spacial score (nSPS) is 18.7. The third-order valence-corrected chi connectivity index (χ3v) is 7.74. The zero-order chi connectivity index (χ0) is 31.6. The number of rotatable bonds is 12. The van der Waals surface area contributed by atoms with Gasteiger partial charge < -0.3 is 24.6 Å². The molecule has 1 saturated heterocycles. The summed E-state index contributed by atoms with van der Waals surface area (Å²) in [5, 5.41) is 12.3. The van der Waals surface area contributed by atoms with Crippen LogP contribution in [0.3, 0.4) is 0 Å². The fourth-order valence-corrected chi connectivity index (χ4v) is 5.46. The van der Waals surface area contributed by atoms with Crippen LogP contribution in [0.5, 0.6) is 0 Å². The first-order valence-corrected chi connectivity index (χ1v) is 15.2. The van der Waals surface area contributed by atoms with Gasteiger partial charge >= 0.3 is 5.97 Å². The Labute approximate surface area is 264 Å². The van der Waals surface area contributed by atoms with E-state index in [0.29, 0.717) is 18.7 Å². The lowest BCUT2D eigenvalue weighted by Gasteiger charge is -2.38. The van der Waals surface area contributed by atoms with Crippen molar-refractivity contribution in [3.8, 4) is 0 Å². The maximum atomic E-state index is 12.4. The van der Waals surface area contributed by atoms with E-state index in [0.717, 1.165) is 29.8 Å². The quantitative estimate of drug-likeness (QED) is 0.182. The fraction of sp³-hybridized carbons (Fsp3) is 0.297. The molecule has 0 spiro atoms. The highest BCUT2D eigenvalue weighted by atomic mass is 16.7. The zero-order valence-electron chi connectivity index (χ0n) is 25.7. The summed E-state index contributed by atoms with van der Waals surface area (Å²) in [6.07, 6.45) is -1.23. The lowest BCUT2D eigenvalue weighted by Crippen LogP contribution is -2.39. The second kappa shape index (κ2) is 15.6. The predicted octanol–water partition coefficient (Wildman–Crippen LogP) is 6.32. The van der Waals surface area contributed by atoms with Gasteiger partial charge in [0, 0.05) is 44.2 Å². The average Bonchev–Trinajstić information content (AvgIpc) is 3.05. The van der Waals surface area contributed by atoms with Crippen molar-refractivity contribution in [1.82, 2.24) is 4.90 Å². The minimum absolute atomic E-state index is 0.0172. The number of benzene rings is 4. The number of ether oxygens (including phenoxy) is 3. The minimum atomic E-state index is -0.902. The second-order valence-corrected chi connectivity index (χ2v) is 11.4. The van der Waals surface area contributed by atoms with Crippen molar-refractivity contribution in [2.75, 3.05) is 11.9 Å². The lowest BCUT2D eigenvalue weighted by atomic mass is 9.99. The smallest absolute Gasteiger partial charge is 0.303 e. The van der Waals surface area contributed by atoms with Gasteiger partial charge in [-0.25, -0.2) is 0 Å². The largest absolute Gasteiger partial charge is 0.453 e. The molecule has 2 N–H and O–H groups in total. The number of nitrogens with zero attached hydrogens (tertiary/aromatic N) is 1. The first-order chi connectivity index (χ1) is 21.9. The van der Waals surface area contributed by atoms with E-state index in [-0.39, 0.29) is 18.8 Å².